The number of anilines is 1. The third-order valence-electron chi connectivity index (χ3n) is 6.80. The van der Waals surface area contributed by atoms with Crippen LogP contribution >= 0.6 is 0 Å². The average molecular weight is 481 g/mol. The van der Waals surface area contributed by atoms with Gasteiger partial charge in [0.1, 0.15) is 17.4 Å². The fraction of sp³-hybridized carbons (Fsp3) is 0.167. The fourth-order valence-electron chi connectivity index (χ4n) is 5.04. The largest absolute Gasteiger partial charge is 1.00 e. The topological polar surface area (TPSA) is 17.2 Å². The molecule has 6 aromatic rings. The summed E-state index contributed by atoms with van der Waals surface area (Å²) in [4.78, 5) is 2.13. The summed E-state index contributed by atoms with van der Waals surface area (Å²) in [5.41, 5.74) is 7.60. The van der Waals surface area contributed by atoms with Gasteiger partial charge in [0.15, 0.2) is 5.52 Å². The van der Waals surface area contributed by atoms with Gasteiger partial charge >= 0.3 is 0 Å². The fourth-order valence-corrected chi connectivity index (χ4v) is 5.04. The molecule has 0 unspecified atom stereocenters. The van der Waals surface area contributed by atoms with Gasteiger partial charge in [0.2, 0.25) is 0 Å². The first-order valence-electron chi connectivity index (χ1n) is 11.9. The summed E-state index contributed by atoms with van der Waals surface area (Å²) in [6.07, 6.45) is 8.80. The number of nitrogens with zero attached hydrogens (tertiary/aromatic N) is 4. The zero-order valence-electron chi connectivity index (χ0n) is 20.1. The minimum absolute atomic E-state index is 0. The molecule has 3 heterocycles. The molecule has 35 heavy (non-hydrogen) atoms. The lowest BCUT2D eigenvalue weighted by molar-refractivity contribution is -0.510. The number of hydrogen-bond donors (Lipinski definition) is 0. The maximum Gasteiger partial charge on any atom is 0.254 e. The van der Waals surface area contributed by atoms with Crippen LogP contribution in [-0.4, -0.2) is 23.2 Å². The van der Waals surface area contributed by atoms with Crippen LogP contribution in [0.3, 0.4) is 0 Å². The van der Waals surface area contributed by atoms with E-state index in [-0.39, 0.29) is 12.4 Å². The van der Waals surface area contributed by atoms with Gasteiger partial charge in [0.25, 0.3) is 6.33 Å². The molecular weight excluding hydrogens is 452 g/mol. The van der Waals surface area contributed by atoms with Crippen molar-refractivity contribution in [2.75, 3.05) is 19.0 Å². The summed E-state index contributed by atoms with van der Waals surface area (Å²) in [5, 5.41) is 2.64. The van der Waals surface area contributed by atoms with Crippen molar-refractivity contribution in [1.29, 1.82) is 0 Å². The summed E-state index contributed by atoms with van der Waals surface area (Å²) in [7, 11) is 4.14. The molecule has 0 saturated carbocycles. The van der Waals surface area contributed by atoms with Crippen molar-refractivity contribution in [2.24, 2.45) is 0 Å². The molecular formula is C30H29ClN4. The van der Waals surface area contributed by atoms with Crippen molar-refractivity contribution < 1.29 is 16.8 Å². The second-order valence-corrected chi connectivity index (χ2v) is 9.19. The maximum absolute atomic E-state index is 2.52. The summed E-state index contributed by atoms with van der Waals surface area (Å²) in [6, 6.07) is 30.5. The van der Waals surface area contributed by atoms with Crippen molar-refractivity contribution in [1.82, 2.24) is 9.13 Å². The Morgan fingerprint density at radius 1 is 0.800 bits per heavy atom. The minimum Gasteiger partial charge on any atom is -1.00 e. The third kappa shape index (κ3) is 4.15. The zero-order valence-corrected chi connectivity index (χ0v) is 20.9. The smallest absolute Gasteiger partial charge is 0.254 e. The molecule has 0 atom stereocenters. The molecule has 0 aliphatic heterocycles. The highest BCUT2D eigenvalue weighted by Gasteiger charge is 2.19. The van der Waals surface area contributed by atoms with Crippen LogP contribution in [0.1, 0.15) is 12.0 Å². The lowest BCUT2D eigenvalue weighted by atomic mass is 10.1. The van der Waals surface area contributed by atoms with Crippen molar-refractivity contribution >= 4 is 33.0 Å². The van der Waals surface area contributed by atoms with Crippen LogP contribution < -0.4 is 21.7 Å². The SMILES string of the molecule is CN(C)c1ccc(-n2cc3c4c(cc[n+]3c2)c2ccccc2n4CCCc2ccccc2)cc1.[Cl-]. The lowest BCUT2D eigenvalue weighted by Crippen LogP contribution is -3.00. The first kappa shape index (κ1) is 23.0. The number of halogens is 1. The zero-order chi connectivity index (χ0) is 23.1. The van der Waals surface area contributed by atoms with E-state index in [4.69, 9.17) is 0 Å². The van der Waals surface area contributed by atoms with Crippen LogP contribution in [0.5, 0.6) is 0 Å². The Morgan fingerprint density at radius 2 is 1.54 bits per heavy atom. The second kappa shape index (κ2) is 9.47. The number of pyridine rings is 1. The molecule has 0 bridgehead atoms. The number of imidazole rings is 1. The van der Waals surface area contributed by atoms with E-state index in [0.29, 0.717) is 0 Å². The molecule has 3 aromatic carbocycles. The standard InChI is InChI=1S/C30H29N4.ClH/c1-31(2)24-14-16-25(17-15-24)33-21-29-30-27(18-20-32(29)22-33)26-12-6-7-13-28(26)34(30)19-8-11-23-9-4-3-5-10-23;/h3-7,9-10,12-18,20-22H,8,11,19H2,1-2H3;1H/q+1;/p-1. The van der Waals surface area contributed by atoms with E-state index in [9.17, 15) is 0 Å². The molecule has 0 spiro atoms. The summed E-state index contributed by atoms with van der Waals surface area (Å²) in [5.74, 6) is 0. The molecule has 0 aliphatic carbocycles. The van der Waals surface area contributed by atoms with Gasteiger partial charge < -0.3 is 21.9 Å². The lowest BCUT2D eigenvalue weighted by Gasteiger charge is -2.11. The third-order valence-corrected chi connectivity index (χ3v) is 6.80. The highest BCUT2D eigenvalue weighted by Crippen LogP contribution is 2.31. The highest BCUT2D eigenvalue weighted by atomic mass is 35.5. The number of para-hydroxylation sites is 1. The van der Waals surface area contributed by atoms with Crippen molar-refractivity contribution in [2.45, 2.75) is 19.4 Å². The molecule has 0 N–H and O–H groups in total. The molecule has 6 rings (SSSR count). The molecule has 0 fully saturated rings. The van der Waals surface area contributed by atoms with E-state index in [1.807, 2.05) is 0 Å². The van der Waals surface area contributed by atoms with Gasteiger partial charge in [-0.1, -0.05) is 48.5 Å². The monoisotopic (exact) mass is 480 g/mol. The number of rotatable bonds is 6. The Kier molecular flexibility index (Phi) is 6.23. The van der Waals surface area contributed by atoms with Gasteiger partial charge in [-0.25, -0.2) is 8.97 Å². The predicted molar refractivity (Wildman–Crippen MR) is 141 cm³/mol. The van der Waals surface area contributed by atoms with Crippen LogP contribution in [0, 0.1) is 0 Å². The van der Waals surface area contributed by atoms with E-state index in [0.717, 1.165) is 25.1 Å². The molecule has 176 valence electrons. The Balaban J connectivity index is 0.00000253. The number of aryl methyl sites for hydroxylation is 2. The maximum atomic E-state index is 2.52. The molecule has 3 aromatic heterocycles. The molecule has 0 saturated heterocycles. The van der Waals surface area contributed by atoms with Gasteiger partial charge in [-0.15, -0.1) is 0 Å². The van der Waals surface area contributed by atoms with Gasteiger partial charge in [-0.3, -0.25) is 0 Å². The van der Waals surface area contributed by atoms with Crippen molar-refractivity contribution in [3.8, 4) is 5.69 Å². The molecule has 0 aliphatic rings. The van der Waals surface area contributed by atoms with Gasteiger partial charge in [-0.05, 0) is 54.8 Å². The normalized spacial score (nSPS) is 11.3. The first-order chi connectivity index (χ1) is 16.7. The Morgan fingerprint density at radius 3 is 2.31 bits per heavy atom. The average Bonchev–Trinajstić information content (AvgIpc) is 3.44. The van der Waals surface area contributed by atoms with E-state index in [2.05, 4.69) is 136 Å². The minimum atomic E-state index is 0. The number of benzene rings is 3. The van der Waals surface area contributed by atoms with E-state index in [1.54, 1.807) is 0 Å². The summed E-state index contributed by atoms with van der Waals surface area (Å²) >= 11 is 0. The number of fused-ring (bicyclic) bond motifs is 5. The Labute approximate surface area is 212 Å². The number of hydrogen-bond acceptors (Lipinski definition) is 1. The second-order valence-electron chi connectivity index (χ2n) is 9.19. The molecule has 5 heteroatoms. The summed E-state index contributed by atoms with van der Waals surface area (Å²) < 4.78 is 6.98. The van der Waals surface area contributed by atoms with Crippen LogP contribution in [0.2, 0.25) is 0 Å². The summed E-state index contributed by atoms with van der Waals surface area (Å²) in [6.45, 7) is 0.987. The van der Waals surface area contributed by atoms with Crippen LogP contribution in [0.4, 0.5) is 5.69 Å². The Hall–Kier alpha value is -3.76. The Bertz CT molecular complexity index is 1590. The quantitative estimate of drug-likeness (QED) is 0.335. The van der Waals surface area contributed by atoms with Crippen LogP contribution in [0.15, 0.2) is 104 Å². The van der Waals surface area contributed by atoms with E-state index in [1.165, 1.54) is 38.6 Å². The van der Waals surface area contributed by atoms with E-state index >= 15 is 0 Å². The predicted octanol–water partition coefficient (Wildman–Crippen LogP) is 3.03. The van der Waals surface area contributed by atoms with E-state index < -0.39 is 0 Å². The van der Waals surface area contributed by atoms with Crippen molar-refractivity contribution in [3.63, 3.8) is 0 Å². The highest BCUT2D eigenvalue weighted by molar-refractivity contribution is 6.11. The van der Waals surface area contributed by atoms with Gasteiger partial charge in [0.05, 0.1) is 6.20 Å². The van der Waals surface area contributed by atoms with Gasteiger partial charge in [-0.2, -0.15) is 0 Å². The first-order valence-corrected chi connectivity index (χ1v) is 11.9. The molecule has 0 amide bonds. The van der Waals surface area contributed by atoms with Crippen LogP contribution in [-0.2, 0) is 13.0 Å². The van der Waals surface area contributed by atoms with Crippen molar-refractivity contribution in [3.05, 3.63) is 109 Å². The molecule has 0 radical (unpaired) electrons. The molecule has 4 nitrogen and oxygen atoms in total. The number of aromatic nitrogens is 3. The van der Waals surface area contributed by atoms with Gasteiger partial charge in [0, 0.05) is 42.6 Å². The van der Waals surface area contributed by atoms with Crippen LogP contribution in [0.25, 0.3) is 33.0 Å².